The van der Waals surface area contributed by atoms with Gasteiger partial charge in [-0.15, -0.1) is 0 Å². The lowest BCUT2D eigenvalue weighted by Gasteiger charge is -2.24. The molecule has 1 N–H and O–H groups in total. The third-order valence-electron chi connectivity index (χ3n) is 3.56. The molecule has 0 saturated carbocycles. The van der Waals surface area contributed by atoms with Crippen molar-refractivity contribution in [1.82, 2.24) is 4.90 Å². The Bertz CT molecular complexity index is 428. The van der Waals surface area contributed by atoms with Crippen LogP contribution in [-0.2, 0) is 11.2 Å². The Morgan fingerprint density at radius 1 is 1.53 bits per heavy atom. The molecule has 1 unspecified atom stereocenters. The summed E-state index contributed by atoms with van der Waals surface area (Å²) in [6.07, 6.45) is 2.43. The van der Waals surface area contributed by atoms with Gasteiger partial charge in [0.2, 0.25) is 0 Å². The molecule has 0 saturated heterocycles. The molecule has 3 heteroatoms. The number of benzene rings is 1. The van der Waals surface area contributed by atoms with Gasteiger partial charge in [0, 0.05) is 12.6 Å². The van der Waals surface area contributed by atoms with E-state index < -0.39 is 5.97 Å². The standard InChI is InChI=1S/C14H19NO2/c1-10-3-4-11-5-6-13(12(11)9-10)15(2)8-7-14(16)17/h3-4,9,13H,5-8H2,1-2H3,(H,16,17). The molecule has 0 heterocycles. The Morgan fingerprint density at radius 3 is 3.00 bits per heavy atom. The van der Waals surface area contributed by atoms with Crippen molar-refractivity contribution in [3.63, 3.8) is 0 Å². The van der Waals surface area contributed by atoms with Crippen LogP contribution in [0, 0.1) is 6.92 Å². The van der Waals surface area contributed by atoms with Crippen molar-refractivity contribution >= 4 is 5.97 Å². The number of nitrogens with zero attached hydrogens (tertiary/aromatic N) is 1. The molecule has 1 aromatic carbocycles. The molecule has 0 bridgehead atoms. The average Bonchev–Trinajstić information content (AvgIpc) is 2.68. The predicted molar refractivity (Wildman–Crippen MR) is 67.1 cm³/mol. The molecular formula is C14H19NO2. The van der Waals surface area contributed by atoms with Crippen LogP contribution in [0.25, 0.3) is 0 Å². The molecule has 0 spiro atoms. The maximum absolute atomic E-state index is 10.6. The number of hydrogen-bond acceptors (Lipinski definition) is 2. The predicted octanol–water partition coefficient (Wildman–Crippen LogP) is 2.39. The van der Waals surface area contributed by atoms with Crippen molar-refractivity contribution in [1.29, 1.82) is 0 Å². The Hall–Kier alpha value is -1.35. The second-order valence-electron chi connectivity index (χ2n) is 4.88. The summed E-state index contributed by atoms with van der Waals surface area (Å²) < 4.78 is 0. The van der Waals surface area contributed by atoms with Crippen LogP contribution in [-0.4, -0.2) is 29.6 Å². The summed E-state index contributed by atoms with van der Waals surface area (Å²) in [6, 6.07) is 6.99. The number of carboxylic acids is 1. The molecule has 2 rings (SSSR count). The molecule has 1 aliphatic carbocycles. The second-order valence-corrected chi connectivity index (χ2v) is 4.88. The monoisotopic (exact) mass is 233 g/mol. The Morgan fingerprint density at radius 2 is 2.29 bits per heavy atom. The number of hydrogen-bond donors (Lipinski definition) is 1. The van der Waals surface area contributed by atoms with Crippen LogP contribution in [0.4, 0.5) is 0 Å². The van der Waals surface area contributed by atoms with Crippen LogP contribution < -0.4 is 0 Å². The number of aliphatic carboxylic acids is 1. The zero-order chi connectivity index (χ0) is 12.4. The Kier molecular flexibility index (Phi) is 3.48. The molecule has 1 aromatic rings. The fraction of sp³-hybridized carbons (Fsp3) is 0.500. The normalized spacial score (nSPS) is 18.4. The third kappa shape index (κ3) is 2.67. The summed E-state index contributed by atoms with van der Waals surface area (Å²) in [7, 11) is 2.02. The van der Waals surface area contributed by atoms with E-state index in [0.29, 0.717) is 12.6 Å². The van der Waals surface area contributed by atoms with E-state index in [1.165, 1.54) is 16.7 Å². The summed E-state index contributed by atoms with van der Waals surface area (Å²) >= 11 is 0. The minimum atomic E-state index is -0.723. The van der Waals surface area contributed by atoms with Gasteiger partial charge in [0.05, 0.1) is 6.42 Å². The van der Waals surface area contributed by atoms with E-state index in [1.807, 2.05) is 7.05 Å². The summed E-state index contributed by atoms with van der Waals surface area (Å²) in [4.78, 5) is 12.8. The first kappa shape index (κ1) is 12.1. The summed E-state index contributed by atoms with van der Waals surface area (Å²) in [6.45, 7) is 2.72. The highest BCUT2D eigenvalue weighted by molar-refractivity contribution is 5.66. The van der Waals surface area contributed by atoms with Crippen molar-refractivity contribution in [2.45, 2.75) is 32.2 Å². The van der Waals surface area contributed by atoms with Gasteiger partial charge in [-0.1, -0.05) is 23.8 Å². The van der Waals surface area contributed by atoms with E-state index in [9.17, 15) is 4.79 Å². The minimum absolute atomic E-state index is 0.216. The van der Waals surface area contributed by atoms with Crippen molar-refractivity contribution in [2.24, 2.45) is 0 Å². The smallest absolute Gasteiger partial charge is 0.304 e. The van der Waals surface area contributed by atoms with Crippen LogP contribution in [0.1, 0.15) is 35.6 Å². The molecule has 3 nitrogen and oxygen atoms in total. The number of aryl methyl sites for hydroxylation is 2. The van der Waals surface area contributed by atoms with Crippen molar-refractivity contribution in [2.75, 3.05) is 13.6 Å². The molecule has 1 aliphatic rings. The van der Waals surface area contributed by atoms with Gasteiger partial charge >= 0.3 is 5.97 Å². The minimum Gasteiger partial charge on any atom is -0.481 e. The number of fused-ring (bicyclic) bond motifs is 1. The average molecular weight is 233 g/mol. The van der Waals surface area contributed by atoms with Crippen LogP contribution in [0.2, 0.25) is 0 Å². The van der Waals surface area contributed by atoms with Gasteiger partial charge in [-0.3, -0.25) is 9.69 Å². The first-order chi connectivity index (χ1) is 8.08. The van der Waals surface area contributed by atoms with E-state index in [2.05, 4.69) is 30.0 Å². The van der Waals surface area contributed by atoms with Gasteiger partial charge < -0.3 is 5.11 Å². The fourth-order valence-corrected chi connectivity index (χ4v) is 2.59. The van der Waals surface area contributed by atoms with Gasteiger partial charge in [0.25, 0.3) is 0 Å². The number of carbonyl (C=O) groups is 1. The van der Waals surface area contributed by atoms with E-state index in [1.54, 1.807) is 0 Å². The van der Waals surface area contributed by atoms with E-state index in [-0.39, 0.29) is 6.42 Å². The molecule has 0 amide bonds. The molecule has 0 aromatic heterocycles. The fourth-order valence-electron chi connectivity index (χ4n) is 2.59. The largest absolute Gasteiger partial charge is 0.481 e. The molecule has 0 fully saturated rings. The molecule has 92 valence electrons. The van der Waals surface area contributed by atoms with Gasteiger partial charge in [-0.2, -0.15) is 0 Å². The number of carboxylic acid groups (broad SMARTS) is 1. The third-order valence-corrected chi connectivity index (χ3v) is 3.56. The Labute approximate surface area is 102 Å². The summed E-state index contributed by atoms with van der Waals surface area (Å²) in [5.41, 5.74) is 4.09. The second kappa shape index (κ2) is 4.88. The quantitative estimate of drug-likeness (QED) is 0.868. The van der Waals surface area contributed by atoms with Crippen LogP contribution >= 0.6 is 0 Å². The van der Waals surface area contributed by atoms with Crippen molar-refractivity contribution < 1.29 is 9.90 Å². The summed E-state index contributed by atoms with van der Waals surface area (Å²) in [5.74, 6) is -0.723. The molecule has 1 atom stereocenters. The molecular weight excluding hydrogens is 214 g/mol. The van der Waals surface area contributed by atoms with Gasteiger partial charge in [0.1, 0.15) is 0 Å². The Balaban J connectivity index is 2.10. The van der Waals surface area contributed by atoms with Gasteiger partial charge in [-0.25, -0.2) is 0 Å². The van der Waals surface area contributed by atoms with E-state index in [0.717, 1.165) is 12.8 Å². The van der Waals surface area contributed by atoms with Crippen LogP contribution in [0.15, 0.2) is 18.2 Å². The molecule has 0 aliphatic heterocycles. The highest BCUT2D eigenvalue weighted by Gasteiger charge is 2.25. The van der Waals surface area contributed by atoms with Crippen LogP contribution in [0.5, 0.6) is 0 Å². The maximum Gasteiger partial charge on any atom is 0.304 e. The first-order valence-corrected chi connectivity index (χ1v) is 6.09. The summed E-state index contributed by atoms with van der Waals surface area (Å²) in [5, 5.41) is 8.72. The highest BCUT2D eigenvalue weighted by Crippen LogP contribution is 2.35. The molecule has 0 radical (unpaired) electrons. The van der Waals surface area contributed by atoms with E-state index in [4.69, 9.17) is 5.11 Å². The van der Waals surface area contributed by atoms with E-state index >= 15 is 0 Å². The molecule has 17 heavy (non-hydrogen) atoms. The van der Waals surface area contributed by atoms with Crippen LogP contribution in [0.3, 0.4) is 0 Å². The first-order valence-electron chi connectivity index (χ1n) is 6.09. The van der Waals surface area contributed by atoms with Crippen molar-refractivity contribution in [3.8, 4) is 0 Å². The highest BCUT2D eigenvalue weighted by atomic mass is 16.4. The van der Waals surface area contributed by atoms with Gasteiger partial charge in [-0.05, 0) is 37.9 Å². The topological polar surface area (TPSA) is 40.5 Å². The van der Waals surface area contributed by atoms with Gasteiger partial charge in [0.15, 0.2) is 0 Å². The number of rotatable bonds is 4. The lowest BCUT2D eigenvalue weighted by atomic mass is 10.0. The lowest BCUT2D eigenvalue weighted by molar-refractivity contribution is -0.137. The zero-order valence-corrected chi connectivity index (χ0v) is 10.4. The maximum atomic E-state index is 10.6. The lowest BCUT2D eigenvalue weighted by Crippen LogP contribution is -2.25. The zero-order valence-electron chi connectivity index (χ0n) is 10.4. The van der Waals surface area contributed by atoms with Crippen molar-refractivity contribution in [3.05, 3.63) is 34.9 Å². The SMILES string of the molecule is Cc1ccc2c(c1)C(N(C)CCC(=O)O)CC2.